The van der Waals surface area contributed by atoms with Crippen LogP contribution in [-0.4, -0.2) is 51.3 Å². The Morgan fingerprint density at radius 2 is 1.88 bits per heavy atom. The molecule has 0 saturated heterocycles. The Morgan fingerprint density at radius 1 is 1.24 bits per heavy atom. The van der Waals surface area contributed by atoms with Crippen molar-refractivity contribution in [3.8, 4) is 5.75 Å². The molecule has 0 atom stereocenters. The standard InChI is InChI=1S/C15H16Cl3N3O2.C5H6OS.C2H4O2/c1-2-4-20(15(22)21-5-3-19-10-21)6-7-23-14-12(17)8-11(16)9-13(14)18;7-4-5-2-1-3-6-5;1-2(3)4/h3,5,8-10H,2,4,6-7H2,1H3;1-3,7H,4H2;1H3,(H,3,4). The van der Waals surface area contributed by atoms with Gasteiger partial charge in [0.2, 0.25) is 0 Å². The summed E-state index contributed by atoms with van der Waals surface area (Å²) >= 11 is 22.0. The van der Waals surface area contributed by atoms with Crippen LogP contribution in [0.2, 0.25) is 15.1 Å². The van der Waals surface area contributed by atoms with Gasteiger partial charge in [-0.1, -0.05) is 41.7 Å². The van der Waals surface area contributed by atoms with Crippen molar-refractivity contribution >= 4 is 59.4 Å². The summed E-state index contributed by atoms with van der Waals surface area (Å²) in [6.07, 6.45) is 7.12. The minimum absolute atomic E-state index is 0.152. The van der Waals surface area contributed by atoms with Gasteiger partial charge >= 0.3 is 6.03 Å². The highest BCUT2D eigenvalue weighted by Gasteiger charge is 2.15. The summed E-state index contributed by atoms with van der Waals surface area (Å²) in [5, 5.41) is 8.53. The van der Waals surface area contributed by atoms with E-state index >= 15 is 0 Å². The molecule has 0 spiro atoms. The zero-order valence-corrected chi connectivity index (χ0v) is 21.8. The van der Waals surface area contributed by atoms with Crippen molar-refractivity contribution in [1.82, 2.24) is 14.5 Å². The Kier molecular flexibility index (Phi) is 14.3. The molecule has 2 heterocycles. The molecule has 0 fully saturated rings. The van der Waals surface area contributed by atoms with E-state index in [9.17, 15) is 4.79 Å². The number of furan rings is 1. The third-order valence-electron chi connectivity index (χ3n) is 3.80. The molecule has 1 N–H and O–H groups in total. The number of rotatable bonds is 7. The molecule has 8 nitrogen and oxygen atoms in total. The summed E-state index contributed by atoms with van der Waals surface area (Å²) < 4.78 is 12.0. The van der Waals surface area contributed by atoms with Crippen LogP contribution in [0.25, 0.3) is 0 Å². The van der Waals surface area contributed by atoms with Crippen molar-refractivity contribution in [2.24, 2.45) is 0 Å². The fraction of sp³-hybridized carbons (Fsp3) is 0.318. The first-order valence-corrected chi connectivity index (χ1v) is 11.8. The van der Waals surface area contributed by atoms with Gasteiger partial charge < -0.3 is 19.2 Å². The molecule has 0 bridgehead atoms. The Morgan fingerprint density at radius 3 is 2.32 bits per heavy atom. The van der Waals surface area contributed by atoms with Crippen LogP contribution >= 0.6 is 47.4 Å². The average Bonchev–Trinajstić information content (AvgIpc) is 3.48. The van der Waals surface area contributed by atoms with Crippen molar-refractivity contribution in [3.05, 3.63) is 70.1 Å². The van der Waals surface area contributed by atoms with Gasteiger partial charge in [0.1, 0.15) is 18.7 Å². The molecular weight excluding hydrogens is 525 g/mol. The van der Waals surface area contributed by atoms with Gasteiger partial charge in [-0.05, 0) is 30.7 Å². The van der Waals surface area contributed by atoms with E-state index in [-0.39, 0.29) is 12.6 Å². The van der Waals surface area contributed by atoms with Crippen LogP contribution in [0.3, 0.4) is 0 Å². The van der Waals surface area contributed by atoms with Crippen molar-refractivity contribution < 1.29 is 23.8 Å². The number of carboxylic acids is 1. The van der Waals surface area contributed by atoms with Crippen molar-refractivity contribution in [1.29, 1.82) is 0 Å². The van der Waals surface area contributed by atoms with E-state index in [1.807, 2.05) is 19.1 Å². The van der Waals surface area contributed by atoms with E-state index in [0.717, 1.165) is 19.1 Å². The molecule has 0 radical (unpaired) electrons. The lowest BCUT2D eigenvalue weighted by Gasteiger charge is -2.22. The number of carbonyl (C=O) groups is 2. The summed E-state index contributed by atoms with van der Waals surface area (Å²) in [6.45, 7) is 4.37. The molecule has 3 rings (SSSR count). The molecule has 0 aliphatic carbocycles. The van der Waals surface area contributed by atoms with Gasteiger partial charge in [0.15, 0.2) is 5.75 Å². The minimum Gasteiger partial charge on any atom is -0.489 e. The van der Waals surface area contributed by atoms with Crippen LogP contribution in [0.15, 0.2) is 53.7 Å². The van der Waals surface area contributed by atoms with Gasteiger partial charge in [-0.2, -0.15) is 12.6 Å². The molecule has 1 aromatic carbocycles. The second-order valence-corrected chi connectivity index (χ2v) is 8.11. The maximum atomic E-state index is 12.3. The molecule has 1 amide bonds. The van der Waals surface area contributed by atoms with E-state index in [2.05, 4.69) is 17.6 Å². The quantitative estimate of drug-likeness (QED) is 0.330. The lowest BCUT2D eigenvalue weighted by atomic mass is 10.3. The molecule has 2 aromatic heterocycles. The number of ether oxygens (including phenoxy) is 1. The van der Waals surface area contributed by atoms with E-state index in [1.165, 1.54) is 10.9 Å². The lowest BCUT2D eigenvalue weighted by Crippen LogP contribution is -2.37. The predicted octanol–water partition coefficient (Wildman–Crippen LogP) is 6.40. The number of hydrogen-bond acceptors (Lipinski definition) is 6. The fourth-order valence-corrected chi connectivity index (χ4v) is 3.54. The molecule has 12 heteroatoms. The van der Waals surface area contributed by atoms with Crippen molar-refractivity contribution in [2.45, 2.75) is 26.0 Å². The molecule has 0 aliphatic heterocycles. The number of aromatic nitrogens is 2. The highest BCUT2D eigenvalue weighted by atomic mass is 35.5. The van der Waals surface area contributed by atoms with Crippen molar-refractivity contribution in [2.75, 3.05) is 19.7 Å². The molecule has 0 aliphatic rings. The number of carboxylic acid groups (broad SMARTS) is 1. The van der Waals surface area contributed by atoms with Crippen LogP contribution in [0.5, 0.6) is 5.75 Å². The largest absolute Gasteiger partial charge is 0.489 e. The second kappa shape index (κ2) is 16.3. The second-order valence-electron chi connectivity index (χ2n) is 6.54. The monoisotopic (exact) mass is 549 g/mol. The summed E-state index contributed by atoms with van der Waals surface area (Å²) in [6, 6.07) is 6.72. The number of imidazole rings is 1. The third-order valence-corrected chi connectivity index (χ3v) is 4.89. The molecule has 186 valence electrons. The molecule has 0 unspecified atom stereocenters. The summed E-state index contributed by atoms with van der Waals surface area (Å²) in [7, 11) is 0. The predicted molar refractivity (Wildman–Crippen MR) is 137 cm³/mol. The van der Waals surface area contributed by atoms with Crippen LogP contribution in [0.1, 0.15) is 26.0 Å². The van der Waals surface area contributed by atoms with E-state index < -0.39 is 5.97 Å². The topological polar surface area (TPSA) is 97.8 Å². The lowest BCUT2D eigenvalue weighted by molar-refractivity contribution is -0.134. The minimum atomic E-state index is -0.833. The van der Waals surface area contributed by atoms with Gasteiger partial charge in [-0.15, -0.1) is 0 Å². The Bertz CT molecular complexity index is 974. The number of amides is 1. The normalized spacial score (nSPS) is 9.82. The first kappa shape index (κ1) is 29.7. The summed E-state index contributed by atoms with van der Waals surface area (Å²) in [5.41, 5.74) is 0. The van der Waals surface area contributed by atoms with Crippen LogP contribution in [0.4, 0.5) is 4.79 Å². The highest BCUT2D eigenvalue weighted by molar-refractivity contribution is 7.79. The van der Waals surface area contributed by atoms with E-state index in [1.54, 1.807) is 35.7 Å². The molecule has 34 heavy (non-hydrogen) atoms. The number of aliphatic carboxylic acids is 1. The van der Waals surface area contributed by atoms with Crippen LogP contribution in [-0.2, 0) is 10.5 Å². The summed E-state index contributed by atoms with van der Waals surface area (Å²) in [4.78, 5) is 26.9. The third kappa shape index (κ3) is 11.2. The number of hydrogen-bond donors (Lipinski definition) is 2. The maximum absolute atomic E-state index is 12.3. The maximum Gasteiger partial charge on any atom is 0.329 e. The first-order chi connectivity index (χ1) is 16.2. The Labute approximate surface area is 218 Å². The van der Waals surface area contributed by atoms with Crippen LogP contribution < -0.4 is 4.74 Å². The van der Waals surface area contributed by atoms with Crippen molar-refractivity contribution in [3.63, 3.8) is 0 Å². The number of halogens is 3. The SMILES string of the molecule is CC(=O)O.CCCN(CCOc1c(Cl)cc(Cl)cc1Cl)C(=O)n1ccnc1.SCc1ccco1. The Balaban J connectivity index is 0.000000432. The summed E-state index contributed by atoms with van der Waals surface area (Å²) in [5.74, 6) is 1.14. The average molecular weight is 551 g/mol. The van der Waals surface area contributed by atoms with E-state index in [4.69, 9.17) is 53.9 Å². The molecule has 3 aromatic rings. The van der Waals surface area contributed by atoms with Gasteiger partial charge in [0.05, 0.1) is 22.9 Å². The molecular formula is C22H26Cl3N3O5S. The number of thiol groups is 1. The number of nitrogens with zero attached hydrogens (tertiary/aromatic N) is 3. The van der Waals surface area contributed by atoms with E-state index in [0.29, 0.717) is 39.7 Å². The highest BCUT2D eigenvalue weighted by Crippen LogP contribution is 2.35. The zero-order chi connectivity index (χ0) is 25.5. The number of benzene rings is 1. The van der Waals surface area contributed by atoms with Gasteiger partial charge in [0, 0.05) is 36.6 Å². The molecule has 0 saturated carbocycles. The van der Waals surface area contributed by atoms with Gasteiger partial charge in [-0.3, -0.25) is 9.36 Å². The first-order valence-electron chi connectivity index (χ1n) is 10.1. The smallest absolute Gasteiger partial charge is 0.329 e. The Hall–Kier alpha value is -2.33. The van der Waals surface area contributed by atoms with Crippen LogP contribution in [0, 0.1) is 0 Å². The fourth-order valence-electron chi connectivity index (χ4n) is 2.44. The van der Waals surface area contributed by atoms with Gasteiger partial charge in [-0.25, -0.2) is 9.78 Å². The number of carbonyl (C=O) groups excluding carboxylic acids is 1. The zero-order valence-electron chi connectivity index (χ0n) is 18.7. The van der Waals surface area contributed by atoms with Gasteiger partial charge in [0.25, 0.3) is 5.97 Å².